The third-order valence-corrected chi connectivity index (χ3v) is 15.8. The molecule has 22 heavy (non-hydrogen) atoms. The average molecular weight is 343 g/mol. The van der Waals surface area contributed by atoms with Crippen LogP contribution in [0, 0.1) is 0 Å². The molecule has 0 heterocycles. The van der Waals surface area contributed by atoms with Crippen molar-refractivity contribution in [1.29, 1.82) is 0 Å². The lowest BCUT2D eigenvalue weighted by Crippen LogP contribution is -2.38. The number of nitrogens with one attached hydrogen (secondary N) is 1. The molecule has 0 aromatic rings. The van der Waals surface area contributed by atoms with Crippen LogP contribution in [0.25, 0.3) is 0 Å². The van der Waals surface area contributed by atoms with Gasteiger partial charge in [0.25, 0.3) is 0 Å². The second-order valence-electron chi connectivity index (χ2n) is 8.89. The Labute approximate surface area is 135 Å². The van der Waals surface area contributed by atoms with Crippen LogP contribution < -0.4 is 5.32 Å². The summed E-state index contributed by atoms with van der Waals surface area (Å²) in [7, 11) is -4.09. The number of rotatable bonds is 9. The van der Waals surface area contributed by atoms with Gasteiger partial charge in [0, 0.05) is 40.6 Å². The van der Waals surface area contributed by atoms with Crippen molar-refractivity contribution in [2.45, 2.75) is 93.0 Å². The highest BCUT2D eigenvalue weighted by Crippen LogP contribution is 2.76. The van der Waals surface area contributed by atoms with E-state index in [-0.39, 0.29) is 5.16 Å². The Balaban J connectivity index is 1.39. The zero-order valence-corrected chi connectivity index (χ0v) is 15.9. The molecular weight excluding hydrogens is 312 g/mol. The van der Waals surface area contributed by atoms with Gasteiger partial charge >= 0.3 is 0 Å². The molecule has 0 amide bonds. The van der Waals surface area contributed by atoms with E-state index in [9.17, 15) is 9.13 Å². The third kappa shape index (κ3) is 2.70. The molecular formula is C17H31NO2P2. The minimum atomic E-state index is -2.09. The molecule has 4 saturated carbocycles. The topological polar surface area (TPSA) is 46.2 Å². The summed E-state index contributed by atoms with van der Waals surface area (Å²) in [5, 5.41) is 3.43. The summed E-state index contributed by atoms with van der Waals surface area (Å²) in [5.74, 6) is 0. The van der Waals surface area contributed by atoms with E-state index in [4.69, 9.17) is 0 Å². The predicted molar refractivity (Wildman–Crippen MR) is 94.2 cm³/mol. The van der Waals surface area contributed by atoms with Crippen LogP contribution in [0.1, 0.15) is 65.2 Å². The first-order valence-corrected chi connectivity index (χ1v) is 13.1. The monoisotopic (exact) mass is 343 g/mol. The summed E-state index contributed by atoms with van der Waals surface area (Å²) in [6.07, 6.45) is 10.2. The minimum Gasteiger partial charge on any atom is -0.322 e. The molecule has 4 rings (SSSR count). The lowest BCUT2D eigenvalue weighted by atomic mass is 10.2. The van der Waals surface area contributed by atoms with Crippen LogP contribution in [-0.2, 0) is 9.13 Å². The molecule has 0 bridgehead atoms. The maximum absolute atomic E-state index is 13.7. The van der Waals surface area contributed by atoms with Crippen molar-refractivity contribution in [1.82, 2.24) is 5.32 Å². The fourth-order valence-corrected chi connectivity index (χ4v) is 12.8. The first-order chi connectivity index (χ1) is 10.4. The van der Waals surface area contributed by atoms with E-state index >= 15 is 0 Å². The fourth-order valence-electron chi connectivity index (χ4n) is 4.44. The summed E-state index contributed by atoms with van der Waals surface area (Å²) in [6, 6.07) is 0. The molecule has 0 radical (unpaired) electrons. The third-order valence-electron chi connectivity index (χ3n) is 6.37. The van der Waals surface area contributed by atoms with Crippen LogP contribution in [0.4, 0.5) is 0 Å². The van der Waals surface area contributed by atoms with Crippen molar-refractivity contribution in [2.75, 3.05) is 12.8 Å². The summed E-state index contributed by atoms with van der Waals surface area (Å²) in [5.41, 5.74) is 2.06. The zero-order chi connectivity index (χ0) is 15.6. The van der Waals surface area contributed by atoms with Crippen LogP contribution in [0.3, 0.4) is 0 Å². The van der Waals surface area contributed by atoms with E-state index in [0.29, 0.717) is 28.9 Å². The Kier molecular flexibility index (Phi) is 3.77. The molecule has 126 valence electrons. The van der Waals surface area contributed by atoms with E-state index in [1.54, 1.807) is 0 Å². The van der Waals surface area contributed by atoms with Crippen LogP contribution in [0.5, 0.6) is 0 Å². The van der Waals surface area contributed by atoms with Crippen LogP contribution >= 0.6 is 14.3 Å². The molecule has 1 N–H and O–H groups in total. The highest BCUT2D eigenvalue weighted by atomic mass is 31.2. The lowest BCUT2D eigenvalue weighted by molar-refractivity contribution is 0.515. The van der Waals surface area contributed by atoms with Gasteiger partial charge in [-0.15, -0.1) is 0 Å². The van der Waals surface area contributed by atoms with Crippen molar-refractivity contribution < 1.29 is 9.13 Å². The molecule has 0 unspecified atom stereocenters. The van der Waals surface area contributed by atoms with E-state index in [2.05, 4.69) is 19.2 Å². The number of hydrogen-bond acceptors (Lipinski definition) is 3. The molecule has 5 heteroatoms. The van der Waals surface area contributed by atoms with Gasteiger partial charge in [-0.25, -0.2) is 0 Å². The molecule has 4 fully saturated rings. The quantitative estimate of drug-likeness (QED) is 0.618. The first kappa shape index (κ1) is 15.9. The van der Waals surface area contributed by atoms with Gasteiger partial charge in [-0.05, 0) is 51.4 Å². The maximum atomic E-state index is 13.7. The Morgan fingerprint density at radius 3 is 1.59 bits per heavy atom. The van der Waals surface area contributed by atoms with Gasteiger partial charge in [0.1, 0.15) is 14.3 Å². The smallest absolute Gasteiger partial charge is 0.107 e. The van der Waals surface area contributed by atoms with Crippen molar-refractivity contribution in [3.8, 4) is 0 Å². The molecule has 4 aliphatic carbocycles. The molecule has 3 nitrogen and oxygen atoms in total. The highest BCUT2D eigenvalue weighted by molar-refractivity contribution is 7.67. The Bertz CT molecular complexity index is 511. The highest BCUT2D eigenvalue weighted by Gasteiger charge is 2.58. The molecule has 0 aromatic carbocycles. The van der Waals surface area contributed by atoms with Crippen molar-refractivity contribution in [3.05, 3.63) is 0 Å². The molecule has 0 aliphatic heterocycles. The summed E-state index contributed by atoms with van der Waals surface area (Å²) < 4.78 is 26.9. The molecule has 0 spiro atoms. The molecule has 0 aromatic heterocycles. The second-order valence-corrected chi connectivity index (χ2v) is 16.5. The Hall–Kier alpha value is 0.420. The maximum Gasteiger partial charge on any atom is 0.107 e. The van der Waals surface area contributed by atoms with Gasteiger partial charge in [-0.1, -0.05) is 13.8 Å². The summed E-state index contributed by atoms with van der Waals surface area (Å²) in [4.78, 5) is 0. The minimum absolute atomic E-state index is 0.118. The summed E-state index contributed by atoms with van der Waals surface area (Å²) >= 11 is 0. The van der Waals surface area contributed by atoms with Crippen LogP contribution in [0.15, 0.2) is 0 Å². The van der Waals surface area contributed by atoms with Gasteiger partial charge in [0.15, 0.2) is 0 Å². The molecule has 0 atom stereocenters. The zero-order valence-electron chi connectivity index (χ0n) is 14.1. The molecule has 0 saturated heterocycles. The largest absolute Gasteiger partial charge is 0.322 e. The van der Waals surface area contributed by atoms with Gasteiger partial charge in [0.2, 0.25) is 0 Å². The van der Waals surface area contributed by atoms with E-state index in [1.165, 1.54) is 51.4 Å². The van der Waals surface area contributed by atoms with Crippen LogP contribution in [-0.4, -0.2) is 40.6 Å². The van der Waals surface area contributed by atoms with E-state index in [0.717, 1.165) is 6.54 Å². The second kappa shape index (κ2) is 5.21. The lowest BCUT2D eigenvalue weighted by Gasteiger charge is -2.36. The fraction of sp³-hybridized carbons (Fsp3) is 1.00. The SMILES string of the molecule is CC(C)(CNCP(=O)(C1CC1)C1CC1)P(=O)(C1CC1)C1CC1. The van der Waals surface area contributed by atoms with Crippen LogP contribution in [0.2, 0.25) is 0 Å². The first-order valence-electron chi connectivity index (χ1n) is 9.26. The van der Waals surface area contributed by atoms with Gasteiger partial charge in [0.05, 0.1) is 0 Å². The Morgan fingerprint density at radius 1 is 0.818 bits per heavy atom. The van der Waals surface area contributed by atoms with Crippen molar-refractivity contribution >= 4 is 14.3 Å². The van der Waals surface area contributed by atoms with Gasteiger partial charge < -0.3 is 14.4 Å². The van der Waals surface area contributed by atoms with Gasteiger partial charge in [-0.3, -0.25) is 0 Å². The number of hydrogen-bond donors (Lipinski definition) is 1. The Morgan fingerprint density at radius 2 is 1.23 bits per heavy atom. The van der Waals surface area contributed by atoms with Gasteiger partial charge in [-0.2, -0.15) is 0 Å². The van der Waals surface area contributed by atoms with E-state index < -0.39 is 14.3 Å². The van der Waals surface area contributed by atoms with E-state index in [1.807, 2.05) is 0 Å². The van der Waals surface area contributed by atoms with Crippen molar-refractivity contribution in [2.24, 2.45) is 0 Å². The standard InChI is InChI=1S/C17H31NO2P2/c1-17(2,22(20,15-7-8-15)16-9-10-16)11-18-12-21(19,13-3-4-13)14-5-6-14/h13-16,18H,3-12H2,1-2H3. The summed E-state index contributed by atoms with van der Waals surface area (Å²) in [6.45, 7) is 5.20. The molecule has 4 aliphatic rings. The average Bonchev–Trinajstić information content (AvgIpc) is 3.32. The normalized spacial score (nSPS) is 27.2. The predicted octanol–water partition coefficient (Wildman–Crippen LogP) is 4.69. The van der Waals surface area contributed by atoms with Crippen molar-refractivity contribution in [3.63, 3.8) is 0 Å².